The minimum Gasteiger partial charge on any atom is -0.353 e. The number of likely N-dealkylation sites (tertiary alicyclic amines) is 1. The van der Waals surface area contributed by atoms with E-state index < -0.39 is 6.04 Å². The average molecular weight is 484 g/mol. The molecule has 1 fully saturated rings. The van der Waals surface area contributed by atoms with E-state index in [9.17, 15) is 14.4 Å². The van der Waals surface area contributed by atoms with Crippen molar-refractivity contribution in [1.82, 2.24) is 15.5 Å². The molecule has 0 radical (unpaired) electrons. The fourth-order valence-electron chi connectivity index (χ4n) is 4.55. The van der Waals surface area contributed by atoms with Gasteiger partial charge in [-0.3, -0.25) is 14.4 Å². The highest BCUT2D eigenvalue weighted by atomic mass is 16.2. The molecule has 0 aromatic heterocycles. The van der Waals surface area contributed by atoms with Crippen LogP contribution in [0.25, 0.3) is 0 Å². The number of hydrogen-bond acceptors (Lipinski definition) is 3. The molecular formula is C30H33N3O3. The first-order chi connectivity index (χ1) is 17.6. The van der Waals surface area contributed by atoms with E-state index in [1.54, 1.807) is 12.1 Å². The quantitative estimate of drug-likeness (QED) is 0.486. The molecule has 1 aliphatic rings. The van der Waals surface area contributed by atoms with Crippen LogP contribution in [0.15, 0.2) is 91.0 Å². The van der Waals surface area contributed by atoms with E-state index in [4.69, 9.17) is 0 Å². The lowest BCUT2D eigenvalue weighted by molar-refractivity contribution is -0.134. The summed E-state index contributed by atoms with van der Waals surface area (Å²) in [5.74, 6) is -0.303. The molecule has 36 heavy (non-hydrogen) atoms. The topological polar surface area (TPSA) is 78.5 Å². The van der Waals surface area contributed by atoms with Gasteiger partial charge >= 0.3 is 0 Å². The van der Waals surface area contributed by atoms with E-state index in [-0.39, 0.29) is 23.8 Å². The van der Waals surface area contributed by atoms with Crippen LogP contribution in [0.4, 0.5) is 0 Å². The molecule has 0 saturated carbocycles. The Morgan fingerprint density at radius 3 is 1.94 bits per heavy atom. The molecule has 1 saturated heterocycles. The molecule has 6 heteroatoms. The summed E-state index contributed by atoms with van der Waals surface area (Å²) in [6, 6.07) is 28.1. The maximum absolute atomic E-state index is 13.5. The molecule has 0 bridgehead atoms. The summed E-state index contributed by atoms with van der Waals surface area (Å²) in [6.07, 6.45) is 3.00. The zero-order valence-electron chi connectivity index (χ0n) is 20.4. The van der Waals surface area contributed by atoms with Crippen molar-refractivity contribution in [3.63, 3.8) is 0 Å². The molecule has 0 spiro atoms. The largest absolute Gasteiger partial charge is 0.353 e. The highest BCUT2D eigenvalue weighted by molar-refractivity contribution is 5.97. The van der Waals surface area contributed by atoms with Gasteiger partial charge in [0.15, 0.2) is 0 Å². The third kappa shape index (κ3) is 7.28. The average Bonchev–Trinajstić information content (AvgIpc) is 2.93. The van der Waals surface area contributed by atoms with E-state index in [1.165, 1.54) is 0 Å². The Morgan fingerprint density at radius 2 is 1.33 bits per heavy atom. The van der Waals surface area contributed by atoms with Crippen LogP contribution in [0.3, 0.4) is 0 Å². The fraction of sp³-hybridized carbons (Fsp3) is 0.300. The molecule has 0 aliphatic carbocycles. The van der Waals surface area contributed by atoms with Gasteiger partial charge in [0.1, 0.15) is 6.04 Å². The van der Waals surface area contributed by atoms with Gasteiger partial charge in [0, 0.05) is 37.5 Å². The maximum atomic E-state index is 13.5. The summed E-state index contributed by atoms with van der Waals surface area (Å²) in [5, 5.41) is 6.08. The lowest BCUT2D eigenvalue weighted by Crippen LogP contribution is -2.53. The number of benzene rings is 3. The lowest BCUT2D eigenvalue weighted by atomic mass is 10.0. The van der Waals surface area contributed by atoms with Gasteiger partial charge in [-0.05, 0) is 42.5 Å². The number of aryl methyl sites for hydroxylation is 1. The summed E-state index contributed by atoms with van der Waals surface area (Å²) < 4.78 is 0. The van der Waals surface area contributed by atoms with Crippen molar-refractivity contribution in [3.8, 4) is 0 Å². The normalized spacial score (nSPS) is 14.6. The standard InChI is InChI=1S/C30H33N3O3/c34-28(17-16-23-10-4-1-5-11-23)31-26-18-20-33(21-19-26)30(36)27(22-24-12-6-2-7-13-24)32-29(35)25-14-8-3-9-15-25/h1-15,26-27H,16-22H2,(H,31,34)(H,32,35). The summed E-state index contributed by atoms with van der Waals surface area (Å²) in [4.78, 5) is 40.6. The first kappa shape index (κ1) is 25.2. The van der Waals surface area contributed by atoms with E-state index >= 15 is 0 Å². The SMILES string of the molecule is O=C(CCc1ccccc1)NC1CCN(C(=O)C(Cc2ccccc2)NC(=O)c2ccccc2)CC1. The third-order valence-electron chi connectivity index (χ3n) is 6.58. The zero-order chi connectivity index (χ0) is 25.2. The Balaban J connectivity index is 1.31. The highest BCUT2D eigenvalue weighted by Gasteiger charge is 2.30. The predicted molar refractivity (Wildman–Crippen MR) is 140 cm³/mol. The number of carbonyl (C=O) groups excluding carboxylic acids is 3. The smallest absolute Gasteiger partial charge is 0.251 e. The number of carbonyl (C=O) groups is 3. The maximum Gasteiger partial charge on any atom is 0.251 e. The molecule has 6 nitrogen and oxygen atoms in total. The number of hydrogen-bond donors (Lipinski definition) is 2. The fourth-order valence-corrected chi connectivity index (χ4v) is 4.55. The highest BCUT2D eigenvalue weighted by Crippen LogP contribution is 2.15. The second-order valence-corrected chi connectivity index (χ2v) is 9.23. The van der Waals surface area contributed by atoms with Crippen molar-refractivity contribution < 1.29 is 14.4 Å². The van der Waals surface area contributed by atoms with Gasteiger partial charge in [-0.1, -0.05) is 78.9 Å². The molecule has 1 unspecified atom stereocenters. The van der Waals surface area contributed by atoms with Crippen molar-refractivity contribution in [2.45, 2.75) is 44.2 Å². The molecule has 1 aliphatic heterocycles. The summed E-state index contributed by atoms with van der Waals surface area (Å²) in [5.41, 5.74) is 2.67. The van der Waals surface area contributed by atoms with Gasteiger partial charge in [-0.15, -0.1) is 0 Å². The Bertz CT molecular complexity index is 1130. The van der Waals surface area contributed by atoms with E-state index in [2.05, 4.69) is 10.6 Å². The summed E-state index contributed by atoms with van der Waals surface area (Å²) in [7, 11) is 0. The van der Waals surface area contributed by atoms with Gasteiger partial charge in [-0.2, -0.15) is 0 Å². The zero-order valence-corrected chi connectivity index (χ0v) is 20.4. The van der Waals surface area contributed by atoms with Gasteiger partial charge in [-0.25, -0.2) is 0 Å². The van der Waals surface area contributed by atoms with Crippen LogP contribution < -0.4 is 10.6 Å². The Hall–Kier alpha value is -3.93. The molecule has 4 rings (SSSR count). The van der Waals surface area contributed by atoms with Crippen molar-refractivity contribution in [1.29, 1.82) is 0 Å². The Kier molecular flexibility index (Phi) is 8.87. The van der Waals surface area contributed by atoms with Crippen molar-refractivity contribution in [2.24, 2.45) is 0 Å². The Morgan fingerprint density at radius 1 is 0.778 bits per heavy atom. The number of nitrogens with zero attached hydrogens (tertiary/aromatic N) is 1. The van der Waals surface area contributed by atoms with Crippen LogP contribution in [-0.2, 0) is 22.4 Å². The number of amides is 3. The van der Waals surface area contributed by atoms with Gasteiger partial charge in [0.2, 0.25) is 11.8 Å². The lowest BCUT2D eigenvalue weighted by Gasteiger charge is -2.35. The van der Waals surface area contributed by atoms with E-state index in [1.807, 2.05) is 83.8 Å². The van der Waals surface area contributed by atoms with Gasteiger partial charge in [0.25, 0.3) is 5.91 Å². The van der Waals surface area contributed by atoms with E-state index in [0.29, 0.717) is 50.8 Å². The number of piperidine rings is 1. The number of nitrogens with one attached hydrogen (secondary N) is 2. The molecule has 2 N–H and O–H groups in total. The first-order valence-electron chi connectivity index (χ1n) is 12.6. The third-order valence-corrected chi connectivity index (χ3v) is 6.58. The van der Waals surface area contributed by atoms with Crippen LogP contribution in [0.2, 0.25) is 0 Å². The summed E-state index contributed by atoms with van der Waals surface area (Å²) in [6.45, 7) is 1.10. The second kappa shape index (κ2) is 12.7. The summed E-state index contributed by atoms with van der Waals surface area (Å²) >= 11 is 0. The molecule has 3 aromatic carbocycles. The molecule has 3 aromatic rings. The molecular weight excluding hydrogens is 450 g/mol. The van der Waals surface area contributed by atoms with Crippen LogP contribution in [0.5, 0.6) is 0 Å². The van der Waals surface area contributed by atoms with Gasteiger partial charge in [0.05, 0.1) is 0 Å². The van der Waals surface area contributed by atoms with Crippen LogP contribution in [0.1, 0.15) is 40.7 Å². The predicted octanol–water partition coefficient (Wildman–Crippen LogP) is 3.77. The first-order valence-corrected chi connectivity index (χ1v) is 12.6. The molecule has 1 atom stereocenters. The Labute approximate surface area is 212 Å². The van der Waals surface area contributed by atoms with Crippen molar-refractivity contribution in [2.75, 3.05) is 13.1 Å². The van der Waals surface area contributed by atoms with Crippen molar-refractivity contribution in [3.05, 3.63) is 108 Å². The van der Waals surface area contributed by atoms with Crippen LogP contribution in [0, 0.1) is 0 Å². The molecule has 3 amide bonds. The monoisotopic (exact) mass is 483 g/mol. The molecule has 1 heterocycles. The minimum absolute atomic E-state index is 0.0423. The van der Waals surface area contributed by atoms with E-state index in [0.717, 1.165) is 11.1 Å². The second-order valence-electron chi connectivity index (χ2n) is 9.23. The minimum atomic E-state index is -0.655. The van der Waals surface area contributed by atoms with Crippen LogP contribution >= 0.6 is 0 Å². The van der Waals surface area contributed by atoms with Crippen LogP contribution in [-0.4, -0.2) is 47.8 Å². The number of rotatable bonds is 9. The molecule has 186 valence electrons. The van der Waals surface area contributed by atoms with Gasteiger partial charge < -0.3 is 15.5 Å². The van der Waals surface area contributed by atoms with Crippen molar-refractivity contribution >= 4 is 17.7 Å².